The zero-order valence-corrected chi connectivity index (χ0v) is 19.9. The van der Waals surface area contributed by atoms with Gasteiger partial charge >= 0.3 is 0 Å². The molecule has 0 spiro atoms. The standard InChI is InChI=1S/C28H28N4O3/c1-3-30(21-9-5-4-6-10-21)27(34)19-32-25-12-8-7-11-24(25)29-28(32)20-17-26(33)31(18-20)22-13-15-23(35-2)16-14-22/h4-16,20H,3,17-19H2,1-2H3/t20-/m0/s1. The summed E-state index contributed by atoms with van der Waals surface area (Å²) in [6.07, 6.45) is 0.347. The smallest absolute Gasteiger partial charge is 0.246 e. The molecule has 1 aliphatic heterocycles. The van der Waals surface area contributed by atoms with Gasteiger partial charge in [-0.1, -0.05) is 30.3 Å². The average molecular weight is 469 g/mol. The molecule has 0 aliphatic carbocycles. The summed E-state index contributed by atoms with van der Waals surface area (Å²) in [4.78, 5) is 34.9. The van der Waals surface area contributed by atoms with E-state index >= 15 is 0 Å². The van der Waals surface area contributed by atoms with E-state index in [4.69, 9.17) is 9.72 Å². The number of aromatic nitrogens is 2. The third kappa shape index (κ3) is 4.37. The highest BCUT2D eigenvalue weighted by Crippen LogP contribution is 2.34. The molecular weight excluding hydrogens is 440 g/mol. The molecule has 1 fully saturated rings. The van der Waals surface area contributed by atoms with Gasteiger partial charge in [0.05, 0.1) is 18.1 Å². The molecule has 35 heavy (non-hydrogen) atoms. The van der Waals surface area contributed by atoms with Crippen LogP contribution in [0.25, 0.3) is 11.0 Å². The number of anilines is 2. The quantitative estimate of drug-likeness (QED) is 0.397. The van der Waals surface area contributed by atoms with Crippen LogP contribution < -0.4 is 14.5 Å². The lowest BCUT2D eigenvalue weighted by Gasteiger charge is -2.23. The molecular formula is C28H28N4O3. The summed E-state index contributed by atoms with van der Waals surface area (Å²) < 4.78 is 7.23. The van der Waals surface area contributed by atoms with Crippen molar-refractivity contribution in [1.82, 2.24) is 9.55 Å². The van der Waals surface area contributed by atoms with Crippen LogP contribution in [0.4, 0.5) is 11.4 Å². The summed E-state index contributed by atoms with van der Waals surface area (Å²) >= 11 is 0. The first-order valence-electron chi connectivity index (χ1n) is 11.8. The summed E-state index contributed by atoms with van der Waals surface area (Å²) in [5.74, 6) is 1.43. The van der Waals surface area contributed by atoms with Crippen molar-refractivity contribution in [2.75, 3.05) is 30.0 Å². The van der Waals surface area contributed by atoms with Gasteiger partial charge in [0.1, 0.15) is 18.1 Å². The maximum Gasteiger partial charge on any atom is 0.246 e. The number of carbonyl (C=O) groups is 2. The average Bonchev–Trinajstić information content (AvgIpc) is 3.45. The Morgan fingerprint density at radius 2 is 1.74 bits per heavy atom. The minimum atomic E-state index is -0.114. The summed E-state index contributed by atoms with van der Waals surface area (Å²) in [7, 11) is 1.62. The molecule has 2 amide bonds. The number of carbonyl (C=O) groups excluding carboxylic acids is 2. The molecule has 7 heteroatoms. The van der Waals surface area contributed by atoms with E-state index in [2.05, 4.69) is 0 Å². The number of rotatable bonds is 7. The van der Waals surface area contributed by atoms with Crippen LogP contribution in [-0.2, 0) is 16.1 Å². The first kappa shape index (κ1) is 22.7. The van der Waals surface area contributed by atoms with Crippen LogP contribution in [0.1, 0.15) is 25.1 Å². The Balaban J connectivity index is 1.46. The molecule has 178 valence electrons. The summed E-state index contributed by atoms with van der Waals surface area (Å²) in [5.41, 5.74) is 3.43. The highest BCUT2D eigenvalue weighted by atomic mass is 16.5. The van der Waals surface area contributed by atoms with E-state index in [1.165, 1.54) is 0 Å². The lowest BCUT2D eigenvalue weighted by Crippen LogP contribution is -2.34. The lowest BCUT2D eigenvalue weighted by molar-refractivity contribution is -0.119. The second kappa shape index (κ2) is 9.62. The van der Waals surface area contributed by atoms with Crippen LogP contribution in [-0.4, -0.2) is 41.6 Å². The SMILES string of the molecule is CCN(C(=O)Cn1c([C@H]2CC(=O)N(c3ccc(OC)cc3)C2)nc2ccccc21)c1ccccc1. The molecule has 0 radical (unpaired) electrons. The Morgan fingerprint density at radius 3 is 2.46 bits per heavy atom. The van der Waals surface area contributed by atoms with E-state index in [1.807, 2.05) is 90.4 Å². The van der Waals surface area contributed by atoms with Crippen molar-refractivity contribution in [3.8, 4) is 5.75 Å². The number of para-hydroxylation sites is 3. The first-order valence-corrected chi connectivity index (χ1v) is 11.8. The third-order valence-corrected chi connectivity index (χ3v) is 6.54. The van der Waals surface area contributed by atoms with Gasteiger partial charge < -0.3 is 19.1 Å². The van der Waals surface area contributed by atoms with Gasteiger partial charge in [0.25, 0.3) is 0 Å². The number of ether oxygens (including phenoxy) is 1. The van der Waals surface area contributed by atoms with Gasteiger partial charge in [-0.3, -0.25) is 9.59 Å². The minimum absolute atomic E-state index is 0.0144. The molecule has 2 heterocycles. The van der Waals surface area contributed by atoms with Gasteiger partial charge in [-0.15, -0.1) is 0 Å². The number of hydrogen-bond donors (Lipinski definition) is 0. The van der Waals surface area contributed by atoms with Crippen molar-refractivity contribution in [2.45, 2.75) is 25.8 Å². The van der Waals surface area contributed by atoms with Gasteiger partial charge in [-0.2, -0.15) is 0 Å². The molecule has 1 saturated heterocycles. The van der Waals surface area contributed by atoms with Gasteiger partial charge in [-0.25, -0.2) is 4.98 Å². The molecule has 3 aromatic carbocycles. The Bertz CT molecular complexity index is 1350. The molecule has 1 aromatic heterocycles. The van der Waals surface area contributed by atoms with E-state index in [1.54, 1.807) is 16.9 Å². The normalized spacial score (nSPS) is 15.5. The summed E-state index contributed by atoms with van der Waals surface area (Å²) in [6.45, 7) is 3.21. The minimum Gasteiger partial charge on any atom is -0.497 e. The van der Waals surface area contributed by atoms with Crippen molar-refractivity contribution < 1.29 is 14.3 Å². The van der Waals surface area contributed by atoms with E-state index in [-0.39, 0.29) is 24.3 Å². The molecule has 0 unspecified atom stereocenters. The second-order valence-electron chi connectivity index (χ2n) is 8.62. The molecule has 5 rings (SSSR count). The Labute approximate surface area is 204 Å². The maximum atomic E-state index is 13.5. The zero-order valence-electron chi connectivity index (χ0n) is 19.9. The Morgan fingerprint density at radius 1 is 1.03 bits per heavy atom. The van der Waals surface area contributed by atoms with Crippen LogP contribution >= 0.6 is 0 Å². The number of imidazole rings is 1. The maximum absolute atomic E-state index is 13.5. The summed E-state index contributed by atoms with van der Waals surface area (Å²) in [6, 6.07) is 25.0. The van der Waals surface area contributed by atoms with E-state index in [0.29, 0.717) is 19.5 Å². The largest absolute Gasteiger partial charge is 0.497 e. The van der Waals surface area contributed by atoms with Crippen LogP contribution in [0.2, 0.25) is 0 Å². The van der Waals surface area contributed by atoms with Crippen LogP contribution in [0, 0.1) is 0 Å². The van der Waals surface area contributed by atoms with Gasteiger partial charge in [0, 0.05) is 36.8 Å². The fourth-order valence-electron chi connectivity index (χ4n) is 4.80. The number of nitrogens with zero attached hydrogens (tertiary/aromatic N) is 4. The lowest BCUT2D eigenvalue weighted by atomic mass is 10.1. The number of benzene rings is 3. The van der Waals surface area contributed by atoms with Crippen LogP contribution in [0.15, 0.2) is 78.9 Å². The Hall–Kier alpha value is -4.13. The van der Waals surface area contributed by atoms with Crippen molar-refractivity contribution in [1.29, 1.82) is 0 Å². The van der Waals surface area contributed by atoms with E-state index in [9.17, 15) is 9.59 Å². The number of fused-ring (bicyclic) bond motifs is 1. The highest BCUT2D eigenvalue weighted by molar-refractivity contribution is 5.97. The predicted octanol–water partition coefficient (Wildman–Crippen LogP) is 4.62. The third-order valence-electron chi connectivity index (χ3n) is 6.54. The van der Waals surface area contributed by atoms with Gasteiger partial charge in [-0.05, 0) is 55.5 Å². The van der Waals surface area contributed by atoms with Crippen molar-refractivity contribution >= 4 is 34.2 Å². The predicted molar refractivity (Wildman–Crippen MR) is 137 cm³/mol. The fourth-order valence-corrected chi connectivity index (χ4v) is 4.80. The molecule has 0 bridgehead atoms. The van der Waals surface area contributed by atoms with Gasteiger partial charge in [0.2, 0.25) is 11.8 Å². The molecule has 1 atom stereocenters. The molecule has 4 aromatic rings. The molecule has 1 aliphatic rings. The number of amides is 2. The fraction of sp³-hybridized carbons (Fsp3) is 0.250. The topological polar surface area (TPSA) is 67.7 Å². The molecule has 0 saturated carbocycles. The van der Waals surface area contributed by atoms with Crippen molar-refractivity contribution in [3.63, 3.8) is 0 Å². The monoisotopic (exact) mass is 468 g/mol. The first-order chi connectivity index (χ1) is 17.1. The van der Waals surface area contributed by atoms with Crippen molar-refractivity contribution in [3.05, 3.63) is 84.7 Å². The van der Waals surface area contributed by atoms with Crippen LogP contribution in [0.3, 0.4) is 0 Å². The summed E-state index contributed by atoms with van der Waals surface area (Å²) in [5, 5.41) is 0. The van der Waals surface area contributed by atoms with Crippen LogP contribution in [0.5, 0.6) is 5.75 Å². The van der Waals surface area contributed by atoms with E-state index in [0.717, 1.165) is 34.0 Å². The van der Waals surface area contributed by atoms with Crippen molar-refractivity contribution in [2.24, 2.45) is 0 Å². The number of hydrogen-bond acceptors (Lipinski definition) is 4. The second-order valence-corrected chi connectivity index (χ2v) is 8.62. The molecule has 0 N–H and O–H groups in total. The van der Waals surface area contributed by atoms with Gasteiger partial charge in [0.15, 0.2) is 0 Å². The number of likely N-dealkylation sites (N-methyl/N-ethyl adjacent to an activating group) is 1. The Kier molecular flexibility index (Phi) is 6.23. The zero-order chi connectivity index (χ0) is 24.4. The highest BCUT2D eigenvalue weighted by Gasteiger charge is 2.35. The van der Waals surface area contributed by atoms with E-state index < -0.39 is 0 Å². The number of methoxy groups -OCH3 is 1. The molecule has 7 nitrogen and oxygen atoms in total.